The molecule has 4 nitrogen and oxygen atoms in total. The van der Waals surface area contributed by atoms with Gasteiger partial charge in [0, 0.05) is 55.1 Å². The number of pyridine rings is 2. The van der Waals surface area contributed by atoms with Gasteiger partial charge in [0.05, 0.1) is 23.1 Å². The van der Waals surface area contributed by atoms with E-state index in [-0.39, 0.29) is 0 Å². The van der Waals surface area contributed by atoms with Crippen LogP contribution in [0.4, 0.5) is 24.7 Å². The highest BCUT2D eigenvalue weighted by molar-refractivity contribution is 5.95. The van der Waals surface area contributed by atoms with Gasteiger partial charge in [-0.15, -0.1) is 6.42 Å². The van der Waals surface area contributed by atoms with Crippen LogP contribution >= 0.6 is 0 Å². The molecule has 0 radical (unpaired) electrons. The van der Waals surface area contributed by atoms with Crippen LogP contribution in [0.15, 0.2) is 73.1 Å². The number of anilines is 2. The van der Waals surface area contributed by atoms with E-state index in [1.807, 2.05) is 36.5 Å². The van der Waals surface area contributed by atoms with Crippen molar-refractivity contribution in [1.82, 2.24) is 9.97 Å². The van der Waals surface area contributed by atoms with Crippen molar-refractivity contribution in [3.05, 3.63) is 95.4 Å². The van der Waals surface area contributed by atoms with Crippen molar-refractivity contribution in [2.75, 3.05) is 36.0 Å². The van der Waals surface area contributed by atoms with Crippen molar-refractivity contribution in [3.8, 4) is 12.3 Å². The van der Waals surface area contributed by atoms with Crippen LogP contribution in [0.5, 0.6) is 0 Å². The molecule has 1 saturated heterocycles. The molecule has 7 heteroatoms. The molecule has 1 fully saturated rings. The Morgan fingerprint density at radius 3 is 2.26 bits per heavy atom. The molecule has 0 amide bonds. The van der Waals surface area contributed by atoms with Gasteiger partial charge in [-0.1, -0.05) is 48.4 Å². The fraction of sp³-hybridized carbons (Fsp3) is 0.214. The minimum atomic E-state index is -4.36. The minimum absolute atomic E-state index is 0.331. The second-order valence-corrected chi connectivity index (χ2v) is 8.53. The highest BCUT2D eigenvalue weighted by Crippen LogP contribution is 2.32. The summed E-state index contributed by atoms with van der Waals surface area (Å²) in [5.74, 6) is 3.49. The highest BCUT2D eigenvalue weighted by atomic mass is 19.4. The van der Waals surface area contributed by atoms with Crippen molar-refractivity contribution in [3.63, 3.8) is 0 Å². The Morgan fingerprint density at radius 2 is 1.57 bits per heavy atom. The summed E-state index contributed by atoms with van der Waals surface area (Å²) in [6.07, 6.45) is 4.95. The van der Waals surface area contributed by atoms with E-state index in [1.165, 1.54) is 12.1 Å². The fourth-order valence-electron chi connectivity index (χ4n) is 4.52. The first-order chi connectivity index (χ1) is 16.9. The number of nitrogens with zero attached hydrogens (tertiary/aromatic N) is 4. The van der Waals surface area contributed by atoms with Crippen LogP contribution in [0.3, 0.4) is 0 Å². The van der Waals surface area contributed by atoms with E-state index in [0.29, 0.717) is 12.0 Å². The number of benzene rings is 2. The first kappa shape index (κ1) is 22.7. The summed E-state index contributed by atoms with van der Waals surface area (Å²) < 4.78 is 39.5. The zero-order valence-corrected chi connectivity index (χ0v) is 19.0. The third-order valence-corrected chi connectivity index (χ3v) is 6.34. The Bertz CT molecular complexity index is 1380. The maximum absolute atomic E-state index is 13.2. The van der Waals surface area contributed by atoms with Gasteiger partial charge in [-0.3, -0.25) is 4.98 Å². The van der Waals surface area contributed by atoms with Gasteiger partial charge in [-0.25, -0.2) is 4.98 Å². The maximum Gasteiger partial charge on any atom is 0.416 e. The largest absolute Gasteiger partial charge is 0.416 e. The number of hydrogen-bond acceptors (Lipinski definition) is 4. The number of terminal acetylenes is 1. The summed E-state index contributed by atoms with van der Waals surface area (Å²) in [6, 6.07) is 17.3. The molecular formula is C28H23F3N4. The number of aromatic nitrogens is 2. The molecule has 0 bridgehead atoms. The van der Waals surface area contributed by atoms with Gasteiger partial charge in [0.2, 0.25) is 0 Å². The maximum atomic E-state index is 13.2. The average Bonchev–Trinajstić information content (AvgIpc) is 2.89. The van der Waals surface area contributed by atoms with Gasteiger partial charge in [-0.2, -0.15) is 13.2 Å². The molecule has 2 aromatic carbocycles. The first-order valence-corrected chi connectivity index (χ1v) is 11.4. The van der Waals surface area contributed by atoms with E-state index in [4.69, 9.17) is 11.4 Å². The normalized spacial score (nSPS) is 14.2. The molecule has 3 heterocycles. The van der Waals surface area contributed by atoms with E-state index in [1.54, 1.807) is 12.3 Å². The molecule has 5 rings (SSSR count). The lowest BCUT2D eigenvalue weighted by molar-refractivity contribution is -0.137. The van der Waals surface area contributed by atoms with Crippen LogP contribution in [0.2, 0.25) is 0 Å². The smallest absolute Gasteiger partial charge is 0.366 e. The summed E-state index contributed by atoms with van der Waals surface area (Å²) in [5.41, 5.74) is 2.50. The van der Waals surface area contributed by atoms with Crippen molar-refractivity contribution >= 4 is 22.3 Å². The molecule has 1 aliphatic heterocycles. The Kier molecular flexibility index (Phi) is 6.04. The molecule has 2 aromatic heterocycles. The molecule has 0 atom stereocenters. The van der Waals surface area contributed by atoms with Gasteiger partial charge in [0.1, 0.15) is 5.82 Å². The van der Waals surface area contributed by atoms with Crippen LogP contribution in [0.1, 0.15) is 22.4 Å². The Morgan fingerprint density at radius 1 is 0.829 bits per heavy atom. The van der Waals surface area contributed by atoms with E-state index < -0.39 is 11.7 Å². The predicted octanol–water partition coefficient (Wildman–Crippen LogP) is 5.55. The summed E-state index contributed by atoms with van der Waals surface area (Å²) >= 11 is 0. The van der Waals surface area contributed by atoms with Crippen LogP contribution in [0, 0.1) is 12.3 Å². The van der Waals surface area contributed by atoms with Gasteiger partial charge >= 0.3 is 6.18 Å². The second-order valence-electron chi connectivity index (χ2n) is 8.53. The van der Waals surface area contributed by atoms with Crippen LogP contribution in [-0.4, -0.2) is 36.1 Å². The molecule has 1 aliphatic rings. The van der Waals surface area contributed by atoms with Gasteiger partial charge < -0.3 is 9.80 Å². The Hall–Kier alpha value is -4.05. The van der Waals surface area contributed by atoms with Crippen molar-refractivity contribution in [2.24, 2.45) is 0 Å². The van der Waals surface area contributed by atoms with Gasteiger partial charge in [0.25, 0.3) is 0 Å². The topological polar surface area (TPSA) is 32.3 Å². The molecule has 0 spiro atoms. The van der Waals surface area contributed by atoms with Gasteiger partial charge in [0.15, 0.2) is 0 Å². The lowest BCUT2D eigenvalue weighted by Gasteiger charge is -2.37. The molecule has 176 valence electrons. The zero-order valence-electron chi connectivity index (χ0n) is 19.0. The molecule has 0 unspecified atom stereocenters. The molecule has 0 saturated carbocycles. The minimum Gasteiger partial charge on any atom is -0.366 e. The van der Waals surface area contributed by atoms with E-state index >= 15 is 0 Å². The number of rotatable bonds is 4. The fourth-order valence-corrected chi connectivity index (χ4v) is 4.52. The van der Waals surface area contributed by atoms with Gasteiger partial charge in [-0.05, 0) is 23.8 Å². The number of alkyl halides is 3. The zero-order chi connectivity index (χ0) is 24.4. The number of fused-ring (bicyclic) bond motifs is 1. The van der Waals surface area contributed by atoms with Crippen LogP contribution in [-0.2, 0) is 12.6 Å². The number of piperazine rings is 1. The number of halogens is 3. The first-order valence-electron chi connectivity index (χ1n) is 11.4. The Balaban J connectivity index is 1.37. The lowest BCUT2D eigenvalue weighted by Crippen LogP contribution is -2.47. The third-order valence-electron chi connectivity index (χ3n) is 6.34. The molecule has 0 N–H and O–H groups in total. The summed E-state index contributed by atoms with van der Waals surface area (Å²) in [7, 11) is 0. The average molecular weight is 473 g/mol. The number of hydrogen-bond donors (Lipinski definition) is 0. The molecule has 35 heavy (non-hydrogen) atoms. The second kappa shape index (κ2) is 9.30. The lowest BCUT2D eigenvalue weighted by atomic mass is 10.0. The molecule has 4 aromatic rings. The highest BCUT2D eigenvalue weighted by Gasteiger charge is 2.30. The summed E-state index contributed by atoms with van der Waals surface area (Å²) in [4.78, 5) is 13.7. The quantitative estimate of drug-likeness (QED) is 0.365. The van der Waals surface area contributed by atoms with Crippen LogP contribution in [0.25, 0.3) is 10.8 Å². The van der Waals surface area contributed by atoms with Crippen LogP contribution < -0.4 is 9.80 Å². The van der Waals surface area contributed by atoms with E-state index in [0.717, 1.165) is 65.8 Å². The van der Waals surface area contributed by atoms with E-state index in [2.05, 4.69) is 26.8 Å². The monoisotopic (exact) mass is 472 g/mol. The van der Waals surface area contributed by atoms with Crippen molar-refractivity contribution < 1.29 is 13.2 Å². The summed E-state index contributed by atoms with van der Waals surface area (Å²) in [5, 5.41) is 2.01. The molecular weight excluding hydrogens is 449 g/mol. The Labute approximate surface area is 202 Å². The summed E-state index contributed by atoms with van der Waals surface area (Å²) in [6.45, 7) is 3.22. The van der Waals surface area contributed by atoms with Crippen molar-refractivity contribution in [2.45, 2.75) is 12.6 Å². The standard InChI is InChI=1S/C28H23F3N4/c1-2-20-10-11-27(33-18-20)35-14-12-34(13-15-35)26-19-32-25(23-8-3-4-9-24(23)26)17-21-6-5-7-22(16-21)28(29,30)31/h1,3-11,16,18-19H,12-15,17H2. The van der Waals surface area contributed by atoms with Crippen molar-refractivity contribution in [1.29, 1.82) is 0 Å². The molecule has 0 aliphatic carbocycles. The predicted molar refractivity (Wildman–Crippen MR) is 133 cm³/mol. The third kappa shape index (κ3) is 4.78. The SMILES string of the molecule is C#Cc1ccc(N2CCN(c3cnc(Cc4cccc(C(F)(F)F)c4)c4ccccc34)CC2)nc1. The van der Waals surface area contributed by atoms with E-state index in [9.17, 15) is 13.2 Å².